The van der Waals surface area contributed by atoms with Crippen LogP contribution in [0.3, 0.4) is 0 Å². The molecule has 1 radical (unpaired) electrons. The van der Waals surface area contributed by atoms with Gasteiger partial charge in [0.2, 0.25) is 5.91 Å². The van der Waals surface area contributed by atoms with Crippen LogP contribution < -0.4 is 19.5 Å². The van der Waals surface area contributed by atoms with E-state index >= 15 is 0 Å². The van der Waals surface area contributed by atoms with E-state index < -0.39 is 17.8 Å². The molecule has 3 rings (SSSR count). The first-order valence-corrected chi connectivity index (χ1v) is 10.7. The minimum Gasteiger partial charge on any atom is -0.493 e. The molecule has 36 heavy (non-hydrogen) atoms. The minimum absolute atomic E-state index is 0.00207. The van der Waals surface area contributed by atoms with E-state index in [9.17, 15) is 19.5 Å². The van der Waals surface area contributed by atoms with Crippen molar-refractivity contribution < 1.29 is 38.4 Å². The molecule has 9 heteroatoms. The molecule has 0 aliphatic rings. The van der Waals surface area contributed by atoms with E-state index in [2.05, 4.69) is 5.32 Å². The summed E-state index contributed by atoms with van der Waals surface area (Å²) in [5.74, 6) is -1.50. The van der Waals surface area contributed by atoms with Gasteiger partial charge in [-0.25, -0.2) is 14.7 Å². The molecule has 0 unspecified atom stereocenters. The third-order valence-electron chi connectivity index (χ3n) is 5.10. The Hall–Kier alpha value is -4.79. The molecule has 0 heterocycles. The quantitative estimate of drug-likeness (QED) is 0.332. The molecule has 0 bridgehead atoms. The third-order valence-corrected chi connectivity index (χ3v) is 5.10. The Bertz CT molecular complexity index is 1280. The zero-order chi connectivity index (χ0) is 26.1. The summed E-state index contributed by atoms with van der Waals surface area (Å²) >= 11 is 0. The molecule has 0 saturated heterocycles. The highest BCUT2D eigenvalue weighted by Crippen LogP contribution is 2.33. The summed E-state index contributed by atoms with van der Waals surface area (Å²) in [7, 11) is 4.08. The molecular weight excluding hydrogens is 466 g/mol. The first-order chi connectivity index (χ1) is 17.4. The van der Waals surface area contributed by atoms with Crippen LogP contribution in [0.5, 0.6) is 17.2 Å². The highest BCUT2D eigenvalue weighted by Gasteiger charge is 2.18. The lowest BCUT2D eigenvalue weighted by Gasteiger charge is -2.12. The average Bonchev–Trinajstić information content (AvgIpc) is 2.90. The van der Waals surface area contributed by atoms with Gasteiger partial charge < -0.3 is 24.3 Å². The summed E-state index contributed by atoms with van der Waals surface area (Å²) in [5.41, 5.74) is 1.65. The number of nitrogens with one attached hydrogen (secondary N) is 1. The SMILES string of the molecule is COC(=O)c1ccc(COc2ccccc2C=CC(=O)Nc2cc(OC)c(OC)cc2C([O])=O)cc1. The number of anilines is 1. The van der Waals surface area contributed by atoms with Crippen LogP contribution in [-0.2, 0) is 21.2 Å². The Kier molecular flexibility index (Phi) is 8.66. The first-order valence-electron chi connectivity index (χ1n) is 10.7. The van der Waals surface area contributed by atoms with Crippen LogP contribution in [-0.4, -0.2) is 39.2 Å². The molecular formula is C27H24NO8. The van der Waals surface area contributed by atoms with Crippen molar-refractivity contribution in [2.24, 2.45) is 0 Å². The normalized spacial score (nSPS) is 10.5. The van der Waals surface area contributed by atoms with Gasteiger partial charge >= 0.3 is 11.9 Å². The minimum atomic E-state index is -1.48. The van der Waals surface area contributed by atoms with E-state index in [1.165, 1.54) is 39.5 Å². The molecule has 0 aromatic heterocycles. The van der Waals surface area contributed by atoms with Crippen molar-refractivity contribution in [3.63, 3.8) is 0 Å². The Morgan fingerprint density at radius 3 is 2.17 bits per heavy atom. The van der Waals surface area contributed by atoms with E-state index in [1.807, 2.05) is 0 Å². The van der Waals surface area contributed by atoms with Gasteiger partial charge in [0.05, 0.1) is 38.1 Å². The van der Waals surface area contributed by atoms with Crippen molar-refractivity contribution in [3.05, 3.63) is 89.0 Å². The number of benzene rings is 3. The predicted octanol–water partition coefficient (Wildman–Crippen LogP) is 4.29. The van der Waals surface area contributed by atoms with Crippen LogP contribution in [0, 0.1) is 0 Å². The number of carbonyl (C=O) groups is 3. The second-order valence-electron chi connectivity index (χ2n) is 7.38. The van der Waals surface area contributed by atoms with Gasteiger partial charge in [-0.15, -0.1) is 0 Å². The summed E-state index contributed by atoms with van der Waals surface area (Å²) in [5, 5.41) is 14.1. The highest BCUT2D eigenvalue weighted by atomic mass is 16.5. The Morgan fingerprint density at radius 1 is 0.861 bits per heavy atom. The van der Waals surface area contributed by atoms with Gasteiger partial charge in [-0.3, -0.25) is 4.79 Å². The van der Waals surface area contributed by atoms with Gasteiger partial charge in [-0.05, 0) is 29.8 Å². The van der Waals surface area contributed by atoms with E-state index in [0.717, 1.165) is 5.56 Å². The average molecular weight is 490 g/mol. The lowest BCUT2D eigenvalue weighted by molar-refractivity contribution is -0.111. The lowest BCUT2D eigenvalue weighted by Crippen LogP contribution is -2.12. The number of esters is 1. The van der Waals surface area contributed by atoms with Crippen molar-refractivity contribution in [2.75, 3.05) is 26.6 Å². The van der Waals surface area contributed by atoms with Crippen molar-refractivity contribution in [1.29, 1.82) is 0 Å². The Balaban J connectivity index is 1.72. The van der Waals surface area contributed by atoms with Gasteiger partial charge in [-0.1, -0.05) is 30.3 Å². The van der Waals surface area contributed by atoms with E-state index in [0.29, 0.717) is 16.9 Å². The molecule has 3 aromatic carbocycles. The number of rotatable bonds is 10. The van der Waals surface area contributed by atoms with E-state index in [4.69, 9.17) is 18.9 Å². The van der Waals surface area contributed by atoms with Crippen LogP contribution in [0.25, 0.3) is 6.08 Å². The van der Waals surface area contributed by atoms with Crippen molar-refractivity contribution in [1.82, 2.24) is 0 Å². The topological polar surface area (TPSA) is 120 Å². The van der Waals surface area contributed by atoms with Crippen LogP contribution in [0.4, 0.5) is 5.69 Å². The molecule has 0 atom stereocenters. The van der Waals surface area contributed by atoms with Gasteiger partial charge in [0.25, 0.3) is 0 Å². The second-order valence-corrected chi connectivity index (χ2v) is 7.38. The number of hydrogen-bond acceptors (Lipinski definition) is 7. The zero-order valence-electron chi connectivity index (χ0n) is 19.9. The van der Waals surface area contributed by atoms with Gasteiger partial charge in [0.1, 0.15) is 12.4 Å². The first kappa shape index (κ1) is 25.8. The predicted molar refractivity (Wildman–Crippen MR) is 131 cm³/mol. The number of hydrogen-bond donors (Lipinski definition) is 1. The van der Waals surface area contributed by atoms with Gasteiger partial charge in [0.15, 0.2) is 11.5 Å². The molecule has 0 spiro atoms. The fourth-order valence-electron chi connectivity index (χ4n) is 3.26. The summed E-state index contributed by atoms with van der Waals surface area (Å²) in [6, 6.07) is 16.5. The smallest absolute Gasteiger partial charge is 0.388 e. The molecule has 0 aliphatic carbocycles. The van der Waals surface area contributed by atoms with Gasteiger partial charge in [-0.2, -0.15) is 0 Å². The zero-order valence-corrected chi connectivity index (χ0v) is 19.9. The molecule has 1 N–H and O–H groups in total. The van der Waals surface area contributed by atoms with Crippen LogP contribution in [0.2, 0.25) is 0 Å². The molecule has 1 amide bonds. The number of amides is 1. The van der Waals surface area contributed by atoms with Crippen molar-refractivity contribution in [3.8, 4) is 17.2 Å². The molecule has 0 aliphatic heterocycles. The maximum atomic E-state index is 12.6. The standard InChI is InChI=1S/C27H24NO8/c1-33-23-14-20(26(30)31)21(15-24(23)34-2)28-25(29)13-12-18-6-4-5-7-22(18)36-16-17-8-10-19(11-9-17)27(32)35-3/h4-15H,16H2,1-3H3,(H,28,29). The van der Waals surface area contributed by atoms with Crippen LogP contribution >= 0.6 is 0 Å². The lowest BCUT2D eigenvalue weighted by atomic mass is 10.1. The number of carbonyl (C=O) groups excluding carboxylic acids is 3. The molecule has 3 aromatic rings. The number of methoxy groups -OCH3 is 3. The Labute approximate surface area is 207 Å². The molecule has 185 valence electrons. The molecule has 0 saturated carbocycles. The third kappa shape index (κ3) is 6.41. The fraction of sp³-hybridized carbons (Fsp3) is 0.148. The van der Waals surface area contributed by atoms with E-state index in [1.54, 1.807) is 54.6 Å². The Morgan fingerprint density at radius 2 is 1.53 bits per heavy atom. The summed E-state index contributed by atoms with van der Waals surface area (Å²) in [4.78, 5) is 35.7. The second kappa shape index (κ2) is 12.1. The summed E-state index contributed by atoms with van der Waals surface area (Å²) < 4.78 is 20.9. The summed E-state index contributed by atoms with van der Waals surface area (Å²) in [6.07, 6.45) is 2.80. The largest absolute Gasteiger partial charge is 0.493 e. The molecule has 9 nitrogen and oxygen atoms in total. The monoisotopic (exact) mass is 490 g/mol. The van der Waals surface area contributed by atoms with Crippen molar-refractivity contribution in [2.45, 2.75) is 6.61 Å². The number of para-hydroxylation sites is 1. The van der Waals surface area contributed by atoms with E-state index in [-0.39, 0.29) is 29.4 Å². The maximum Gasteiger partial charge on any atom is 0.388 e. The van der Waals surface area contributed by atoms with Crippen LogP contribution in [0.15, 0.2) is 66.7 Å². The fourth-order valence-corrected chi connectivity index (χ4v) is 3.26. The van der Waals surface area contributed by atoms with Crippen LogP contribution in [0.1, 0.15) is 31.8 Å². The molecule has 0 fully saturated rings. The number of ether oxygens (including phenoxy) is 4. The van der Waals surface area contributed by atoms with Gasteiger partial charge in [0, 0.05) is 23.8 Å². The summed E-state index contributed by atoms with van der Waals surface area (Å²) in [6.45, 7) is 0.235. The van der Waals surface area contributed by atoms with Crippen molar-refractivity contribution >= 4 is 29.6 Å². The maximum absolute atomic E-state index is 12.6. The highest BCUT2D eigenvalue weighted by molar-refractivity contribution is 6.06.